The summed E-state index contributed by atoms with van der Waals surface area (Å²) in [5, 5.41) is 8.54. The van der Waals surface area contributed by atoms with Crippen LogP contribution in [0.4, 0.5) is 13.2 Å². The number of rotatable bonds is 3. The van der Waals surface area contributed by atoms with E-state index in [2.05, 4.69) is 11.8 Å². The van der Waals surface area contributed by atoms with Crippen molar-refractivity contribution >= 4 is 0 Å². The van der Waals surface area contributed by atoms with E-state index in [1.54, 1.807) is 0 Å². The Morgan fingerprint density at radius 3 is 2.33 bits per heavy atom. The highest BCUT2D eigenvalue weighted by Crippen LogP contribution is 2.19. The number of ether oxygens (including phenoxy) is 1. The first kappa shape index (κ1) is 14.9. The Kier molecular flexibility index (Phi) is 4.85. The second-order valence-electron chi connectivity index (χ2n) is 4.09. The molecule has 0 fully saturated rings. The van der Waals surface area contributed by atoms with E-state index in [9.17, 15) is 13.2 Å². The first-order valence-electron chi connectivity index (χ1n) is 6.07. The molecular formula is C16H11F3O2. The Bertz CT molecular complexity index is 682. The fourth-order valence-corrected chi connectivity index (χ4v) is 1.65. The SMILES string of the molecule is OCC#Cc1ccc(OCc2c(F)cccc2F)cc1F. The third-order valence-corrected chi connectivity index (χ3v) is 2.69. The van der Waals surface area contributed by atoms with Crippen LogP contribution in [0.1, 0.15) is 11.1 Å². The van der Waals surface area contributed by atoms with Crippen LogP contribution in [0, 0.1) is 29.3 Å². The van der Waals surface area contributed by atoms with Gasteiger partial charge >= 0.3 is 0 Å². The third kappa shape index (κ3) is 3.77. The Balaban J connectivity index is 2.12. The molecule has 0 bridgehead atoms. The minimum Gasteiger partial charge on any atom is -0.489 e. The zero-order valence-electron chi connectivity index (χ0n) is 10.9. The molecule has 5 heteroatoms. The predicted octanol–water partition coefficient (Wildman–Crippen LogP) is 3.03. The highest BCUT2D eigenvalue weighted by atomic mass is 19.1. The normalized spacial score (nSPS) is 9.90. The Morgan fingerprint density at radius 1 is 1.00 bits per heavy atom. The van der Waals surface area contributed by atoms with Crippen LogP contribution in [0.5, 0.6) is 5.75 Å². The van der Waals surface area contributed by atoms with Gasteiger partial charge in [-0.05, 0) is 24.3 Å². The van der Waals surface area contributed by atoms with Crippen LogP contribution in [0.2, 0.25) is 0 Å². The number of aliphatic hydroxyl groups excluding tert-OH is 1. The lowest BCUT2D eigenvalue weighted by atomic mass is 10.2. The molecule has 2 aromatic carbocycles. The highest BCUT2D eigenvalue weighted by Gasteiger charge is 2.09. The Labute approximate surface area is 119 Å². The summed E-state index contributed by atoms with van der Waals surface area (Å²) in [5.74, 6) is 2.80. The van der Waals surface area contributed by atoms with E-state index in [1.165, 1.54) is 18.2 Å². The van der Waals surface area contributed by atoms with E-state index in [1.807, 2.05) is 0 Å². The van der Waals surface area contributed by atoms with Crippen molar-refractivity contribution in [2.45, 2.75) is 6.61 Å². The second kappa shape index (κ2) is 6.82. The van der Waals surface area contributed by atoms with Crippen LogP contribution >= 0.6 is 0 Å². The Morgan fingerprint density at radius 2 is 1.71 bits per heavy atom. The van der Waals surface area contributed by atoms with E-state index in [0.717, 1.165) is 18.2 Å². The van der Waals surface area contributed by atoms with Crippen LogP contribution in [-0.4, -0.2) is 11.7 Å². The van der Waals surface area contributed by atoms with E-state index in [0.29, 0.717) is 0 Å². The molecule has 0 radical (unpaired) electrons. The van der Waals surface area contributed by atoms with Crippen LogP contribution < -0.4 is 4.74 Å². The van der Waals surface area contributed by atoms with Gasteiger partial charge in [0.2, 0.25) is 0 Å². The molecule has 0 saturated heterocycles. The number of hydrogen-bond donors (Lipinski definition) is 1. The quantitative estimate of drug-likeness (QED) is 0.881. The molecule has 2 nitrogen and oxygen atoms in total. The molecule has 0 heterocycles. The number of aliphatic hydroxyl groups is 1. The zero-order chi connectivity index (χ0) is 15.2. The van der Waals surface area contributed by atoms with Gasteiger partial charge in [-0.15, -0.1) is 0 Å². The smallest absolute Gasteiger partial charge is 0.142 e. The van der Waals surface area contributed by atoms with Crippen molar-refractivity contribution in [1.82, 2.24) is 0 Å². The maximum atomic E-state index is 13.6. The van der Waals surface area contributed by atoms with Gasteiger partial charge in [0.15, 0.2) is 0 Å². The van der Waals surface area contributed by atoms with Crippen molar-refractivity contribution < 1.29 is 23.0 Å². The summed E-state index contributed by atoms with van der Waals surface area (Å²) < 4.78 is 45.6. The maximum absolute atomic E-state index is 13.6. The van der Waals surface area contributed by atoms with Gasteiger partial charge in [-0.2, -0.15) is 0 Å². The second-order valence-corrected chi connectivity index (χ2v) is 4.09. The van der Waals surface area contributed by atoms with Crippen molar-refractivity contribution in [3.63, 3.8) is 0 Å². The molecule has 2 aromatic rings. The lowest BCUT2D eigenvalue weighted by Crippen LogP contribution is -2.02. The molecule has 0 aliphatic carbocycles. The summed E-state index contributed by atoms with van der Waals surface area (Å²) in [5.41, 5.74) is -0.115. The average Bonchev–Trinajstić information content (AvgIpc) is 2.46. The molecule has 0 saturated carbocycles. The van der Waals surface area contributed by atoms with E-state index < -0.39 is 17.5 Å². The van der Waals surface area contributed by atoms with E-state index >= 15 is 0 Å². The van der Waals surface area contributed by atoms with E-state index in [-0.39, 0.29) is 30.1 Å². The molecule has 0 aromatic heterocycles. The maximum Gasteiger partial charge on any atom is 0.142 e. The lowest BCUT2D eigenvalue weighted by molar-refractivity contribution is 0.291. The minimum atomic E-state index is -0.721. The van der Waals surface area contributed by atoms with Crippen LogP contribution in [0.25, 0.3) is 0 Å². The summed E-state index contributed by atoms with van der Waals surface area (Å²) >= 11 is 0. The monoisotopic (exact) mass is 292 g/mol. The topological polar surface area (TPSA) is 29.5 Å². The fraction of sp³-hybridized carbons (Fsp3) is 0.125. The summed E-state index contributed by atoms with van der Waals surface area (Å²) in [7, 11) is 0. The zero-order valence-corrected chi connectivity index (χ0v) is 10.9. The molecule has 1 N–H and O–H groups in total. The largest absolute Gasteiger partial charge is 0.489 e. The Hall–Kier alpha value is -2.45. The number of benzene rings is 2. The van der Waals surface area contributed by atoms with Gasteiger partial charge in [-0.1, -0.05) is 17.9 Å². The molecular weight excluding hydrogens is 281 g/mol. The molecule has 108 valence electrons. The summed E-state index contributed by atoms with van der Waals surface area (Å²) in [6, 6.07) is 7.36. The highest BCUT2D eigenvalue weighted by molar-refractivity contribution is 5.39. The molecule has 0 aliphatic rings. The fourth-order valence-electron chi connectivity index (χ4n) is 1.65. The molecule has 21 heavy (non-hydrogen) atoms. The van der Waals surface area contributed by atoms with Crippen molar-refractivity contribution in [1.29, 1.82) is 0 Å². The van der Waals surface area contributed by atoms with Gasteiger partial charge in [0, 0.05) is 6.07 Å². The van der Waals surface area contributed by atoms with Gasteiger partial charge < -0.3 is 9.84 Å². The van der Waals surface area contributed by atoms with Gasteiger partial charge in [0.25, 0.3) is 0 Å². The van der Waals surface area contributed by atoms with E-state index in [4.69, 9.17) is 9.84 Å². The average molecular weight is 292 g/mol. The van der Waals surface area contributed by atoms with Gasteiger partial charge in [0.1, 0.15) is 36.4 Å². The van der Waals surface area contributed by atoms with Crippen molar-refractivity contribution in [3.05, 3.63) is 65.0 Å². The first-order chi connectivity index (χ1) is 10.1. The van der Waals surface area contributed by atoms with Gasteiger partial charge in [-0.3, -0.25) is 0 Å². The molecule has 0 aliphatic heterocycles. The third-order valence-electron chi connectivity index (χ3n) is 2.69. The predicted molar refractivity (Wildman–Crippen MR) is 71.1 cm³/mol. The molecule has 0 spiro atoms. The van der Waals surface area contributed by atoms with Crippen LogP contribution in [-0.2, 0) is 6.61 Å². The first-order valence-corrected chi connectivity index (χ1v) is 6.07. The molecule has 0 unspecified atom stereocenters. The van der Waals surface area contributed by atoms with Crippen LogP contribution in [0.3, 0.4) is 0 Å². The van der Waals surface area contributed by atoms with Crippen molar-refractivity contribution in [3.8, 4) is 17.6 Å². The van der Waals surface area contributed by atoms with Crippen LogP contribution in [0.15, 0.2) is 36.4 Å². The van der Waals surface area contributed by atoms with Gasteiger partial charge in [-0.25, -0.2) is 13.2 Å². The standard InChI is InChI=1S/C16H11F3O2/c17-14-4-1-5-15(18)13(14)10-21-12-7-6-11(3-2-8-20)16(19)9-12/h1,4-7,9,20H,8,10H2. The van der Waals surface area contributed by atoms with Gasteiger partial charge in [0.05, 0.1) is 11.1 Å². The van der Waals surface area contributed by atoms with Crippen molar-refractivity contribution in [2.75, 3.05) is 6.61 Å². The lowest BCUT2D eigenvalue weighted by Gasteiger charge is -2.08. The summed E-state index contributed by atoms with van der Waals surface area (Å²) in [6.07, 6.45) is 0. The molecule has 0 atom stereocenters. The molecule has 2 rings (SSSR count). The summed E-state index contributed by atoms with van der Waals surface area (Å²) in [6.45, 7) is -0.718. The number of halogens is 3. The molecule has 0 amide bonds. The van der Waals surface area contributed by atoms with Crippen molar-refractivity contribution in [2.24, 2.45) is 0 Å². The number of hydrogen-bond acceptors (Lipinski definition) is 2. The summed E-state index contributed by atoms with van der Waals surface area (Å²) in [4.78, 5) is 0. The minimum absolute atomic E-state index is 0.105.